The average Bonchev–Trinajstić information content (AvgIpc) is 3.58. The van der Waals surface area contributed by atoms with Crippen LogP contribution in [0.2, 0.25) is 5.02 Å². The molecule has 0 amide bonds. The van der Waals surface area contributed by atoms with Crippen molar-refractivity contribution >= 4 is 28.7 Å². The van der Waals surface area contributed by atoms with Crippen LogP contribution in [-0.2, 0) is 11.2 Å². The SMILES string of the molecule is O=C(O)[C@@H]1CCN([C@@H]2CCc3c2cc2nc(-c4cccc(-c5ccccc5)c4Cl)oc2c3F)C1. The molecule has 34 heavy (non-hydrogen) atoms. The fourth-order valence-corrected chi connectivity index (χ4v) is 5.69. The first-order chi connectivity index (χ1) is 16.5. The minimum atomic E-state index is -0.766. The van der Waals surface area contributed by atoms with Crippen LogP contribution in [0.3, 0.4) is 0 Å². The largest absolute Gasteiger partial charge is 0.481 e. The molecule has 0 unspecified atom stereocenters. The van der Waals surface area contributed by atoms with Gasteiger partial charge in [-0.25, -0.2) is 9.37 Å². The molecule has 1 N–H and O–H groups in total. The summed E-state index contributed by atoms with van der Waals surface area (Å²) in [4.78, 5) is 18.2. The molecule has 7 heteroatoms. The minimum absolute atomic E-state index is 0.00314. The molecule has 1 saturated heterocycles. The zero-order valence-electron chi connectivity index (χ0n) is 18.3. The summed E-state index contributed by atoms with van der Waals surface area (Å²) in [6.07, 6.45) is 1.98. The molecule has 1 aliphatic heterocycles. The minimum Gasteiger partial charge on any atom is -0.481 e. The normalized spacial score (nSPS) is 20.2. The quantitative estimate of drug-likeness (QED) is 0.372. The predicted molar refractivity (Wildman–Crippen MR) is 128 cm³/mol. The maximum Gasteiger partial charge on any atom is 0.307 e. The molecular weight excluding hydrogens is 455 g/mol. The van der Waals surface area contributed by atoms with Gasteiger partial charge in [0.2, 0.25) is 5.89 Å². The molecule has 1 fully saturated rings. The Kier molecular flexibility index (Phi) is 5.15. The van der Waals surface area contributed by atoms with Gasteiger partial charge in [0.25, 0.3) is 0 Å². The molecule has 2 atom stereocenters. The van der Waals surface area contributed by atoms with Crippen LogP contribution in [0.25, 0.3) is 33.7 Å². The molecule has 6 rings (SSSR count). The number of oxazole rings is 1. The van der Waals surface area contributed by atoms with E-state index in [1.54, 1.807) is 0 Å². The Labute approximate surface area is 200 Å². The molecule has 172 valence electrons. The summed E-state index contributed by atoms with van der Waals surface area (Å²) in [5.74, 6) is -1.23. The number of carboxylic acids is 1. The Hall–Kier alpha value is -3.22. The zero-order chi connectivity index (χ0) is 23.4. The van der Waals surface area contributed by atoms with Crippen molar-refractivity contribution in [2.24, 2.45) is 5.92 Å². The van der Waals surface area contributed by atoms with E-state index in [2.05, 4.69) is 9.88 Å². The van der Waals surface area contributed by atoms with Crippen molar-refractivity contribution in [2.45, 2.75) is 25.3 Å². The predicted octanol–water partition coefficient (Wildman–Crippen LogP) is 6.35. The third kappa shape index (κ3) is 3.40. The number of carboxylic acid groups (broad SMARTS) is 1. The number of fused-ring (bicyclic) bond motifs is 2. The molecule has 0 saturated carbocycles. The molecule has 2 heterocycles. The van der Waals surface area contributed by atoms with Crippen molar-refractivity contribution in [3.8, 4) is 22.6 Å². The summed E-state index contributed by atoms with van der Waals surface area (Å²) in [5, 5.41) is 9.86. The van der Waals surface area contributed by atoms with E-state index >= 15 is 4.39 Å². The molecule has 0 spiro atoms. The van der Waals surface area contributed by atoms with E-state index in [1.807, 2.05) is 54.6 Å². The van der Waals surface area contributed by atoms with Crippen LogP contribution >= 0.6 is 11.6 Å². The number of hydrogen-bond donors (Lipinski definition) is 1. The first-order valence-electron chi connectivity index (χ1n) is 11.4. The molecule has 4 aromatic rings. The Balaban J connectivity index is 1.39. The Morgan fingerprint density at radius 2 is 1.91 bits per heavy atom. The number of nitrogens with zero attached hydrogens (tertiary/aromatic N) is 2. The summed E-state index contributed by atoms with van der Waals surface area (Å²) < 4.78 is 21.5. The van der Waals surface area contributed by atoms with E-state index in [0.717, 1.165) is 23.1 Å². The van der Waals surface area contributed by atoms with Crippen molar-refractivity contribution in [3.05, 3.63) is 76.6 Å². The second-order valence-corrected chi connectivity index (χ2v) is 9.41. The maximum absolute atomic E-state index is 15.5. The van der Waals surface area contributed by atoms with Gasteiger partial charge in [0.05, 0.1) is 16.5 Å². The lowest BCUT2D eigenvalue weighted by Crippen LogP contribution is -2.26. The summed E-state index contributed by atoms with van der Waals surface area (Å²) >= 11 is 6.75. The molecule has 3 aromatic carbocycles. The molecule has 0 bridgehead atoms. The summed E-state index contributed by atoms with van der Waals surface area (Å²) in [6, 6.07) is 17.4. The molecular formula is C27H22ClFN2O3. The molecule has 2 aliphatic rings. The average molecular weight is 477 g/mol. The summed E-state index contributed by atoms with van der Waals surface area (Å²) in [6.45, 7) is 1.19. The second-order valence-electron chi connectivity index (χ2n) is 9.03. The smallest absolute Gasteiger partial charge is 0.307 e. The van der Waals surface area contributed by atoms with E-state index < -0.39 is 5.97 Å². The third-order valence-corrected chi connectivity index (χ3v) is 7.52. The number of halogens is 2. The molecule has 1 aliphatic carbocycles. The summed E-state index contributed by atoms with van der Waals surface area (Å²) in [7, 11) is 0. The van der Waals surface area contributed by atoms with E-state index in [1.165, 1.54) is 0 Å². The topological polar surface area (TPSA) is 66.6 Å². The Morgan fingerprint density at radius 1 is 1.12 bits per heavy atom. The highest BCUT2D eigenvalue weighted by Gasteiger charge is 2.37. The highest BCUT2D eigenvalue weighted by molar-refractivity contribution is 6.36. The zero-order valence-corrected chi connectivity index (χ0v) is 19.1. The monoisotopic (exact) mass is 476 g/mol. The van der Waals surface area contributed by atoms with E-state index in [0.29, 0.717) is 47.6 Å². The Morgan fingerprint density at radius 3 is 2.68 bits per heavy atom. The third-order valence-electron chi connectivity index (χ3n) is 7.11. The number of hydrogen-bond acceptors (Lipinski definition) is 4. The van der Waals surface area contributed by atoms with Crippen LogP contribution in [0, 0.1) is 11.7 Å². The van der Waals surface area contributed by atoms with Crippen LogP contribution in [0.1, 0.15) is 30.0 Å². The fraction of sp³-hybridized carbons (Fsp3) is 0.259. The van der Waals surface area contributed by atoms with Gasteiger partial charge in [0, 0.05) is 18.2 Å². The number of rotatable bonds is 4. The lowest BCUT2D eigenvalue weighted by molar-refractivity contribution is -0.141. The van der Waals surface area contributed by atoms with Crippen molar-refractivity contribution in [1.82, 2.24) is 9.88 Å². The number of aromatic nitrogens is 1. The lowest BCUT2D eigenvalue weighted by Gasteiger charge is -2.24. The number of benzene rings is 3. The van der Waals surface area contributed by atoms with Gasteiger partial charge in [0.1, 0.15) is 5.52 Å². The van der Waals surface area contributed by atoms with Crippen LogP contribution < -0.4 is 0 Å². The van der Waals surface area contributed by atoms with E-state index in [-0.39, 0.29) is 29.3 Å². The lowest BCUT2D eigenvalue weighted by atomic mass is 10.0. The first kappa shape index (κ1) is 21.3. The van der Waals surface area contributed by atoms with Crippen LogP contribution in [0.5, 0.6) is 0 Å². The molecule has 1 aromatic heterocycles. The standard InChI is InChI=1S/C27H22ClFN2O3/c28-23-17(15-5-2-1-3-6-15)7-4-8-19(23)26-30-21-13-20-18(24(29)25(21)34-26)9-10-22(20)31-12-11-16(14-31)27(32)33/h1-8,13,16,22H,9-12,14H2,(H,32,33)/t16-,22-/m1/s1. The van der Waals surface area contributed by atoms with Gasteiger partial charge >= 0.3 is 5.97 Å². The van der Waals surface area contributed by atoms with Crippen molar-refractivity contribution in [1.29, 1.82) is 0 Å². The summed E-state index contributed by atoms with van der Waals surface area (Å²) in [5.41, 5.74) is 4.56. The number of carbonyl (C=O) groups is 1. The van der Waals surface area contributed by atoms with Gasteiger partial charge in [0.15, 0.2) is 11.4 Å². The highest BCUT2D eigenvalue weighted by atomic mass is 35.5. The van der Waals surface area contributed by atoms with Crippen molar-refractivity contribution < 1.29 is 18.7 Å². The van der Waals surface area contributed by atoms with Crippen LogP contribution in [-0.4, -0.2) is 34.0 Å². The maximum atomic E-state index is 15.5. The van der Waals surface area contributed by atoms with Gasteiger partial charge in [-0.15, -0.1) is 0 Å². The van der Waals surface area contributed by atoms with E-state index in [9.17, 15) is 9.90 Å². The fourth-order valence-electron chi connectivity index (χ4n) is 5.38. The molecule has 0 radical (unpaired) electrons. The number of aliphatic carboxylic acids is 1. The second kappa shape index (κ2) is 8.22. The highest BCUT2D eigenvalue weighted by Crippen LogP contribution is 2.43. The van der Waals surface area contributed by atoms with E-state index in [4.69, 9.17) is 16.0 Å². The Bertz CT molecular complexity index is 1420. The molecule has 5 nitrogen and oxygen atoms in total. The van der Waals surface area contributed by atoms with Gasteiger partial charge in [-0.05, 0) is 54.6 Å². The van der Waals surface area contributed by atoms with Crippen LogP contribution in [0.15, 0.2) is 59.0 Å². The van der Waals surface area contributed by atoms with Gasteiger partial charge in [-0.1, -0.05) is 54.1 Å². The van der Waals surface area contributed by atoms with Crippen molar-refractivity contribution in [2.75, 3.05) is 13.1 Å². The van der Waals surface area contributed by atoms with Gasteiger partial charge < -0.3 is 9.52 Å². The van der Waals surface area contributed by atoms with Crippen molar-refractivity contribution in [3.63, 3.8) is 0 Å². The van der Waals surface area contributed by atoms with Crippen LogP contribution in [0.4, 0.5) is 4.39 Å². The van der Waals surface area contributed by atoms with Gasteiger partial charge in [-0.3, -0.25) is 9.69 Å². The number of likely N-dealkylation sites (tertiary alicyclic amines) is 1. The first-order valence-corrected chi connectivity index (χ1v) is 11.8. The van der Waals surface area contributed by atoms with Gasteiger partial charge in [-0.2, -0.15) is 0 Å².